The summed E-state index contributed by atoms with van der Waals surface area (Å²) in [7, 11) is -5.73. The Morgan fingerprint density at radius 3 is 1.27 bits per heavy atom. The highest BCUT2D eigenvalue weighted by Crippen LogP contribution is 2.26. The standard InChI is InChI=1S/C16H40O6Si3.H3N/c1-23(2,15-7-11-19-13-9-17)21-25(5,6)22-24(3,4)16-8-12-20-14-10-18;/h17-18H,7-16H2,1-6H3;1H3. The lowest BCUT2D eigenvalue weighted by atomic mass is 10.5. The highest BCUT2D eigenvalue weighted by molar-refractivity contribution is 6.87. The van der Waals surface area contributed by atoms with Crippen molar-refractivity contribution in [1.29, 1.82) is 0 Å². The Kier molecular flexibility index (Phi) is 15.8. The second-order valence-corrected chi connectivity index (χ2v) is 20.5. The highest BCUT2D eigenvalue weighted by atomic mass is 28.5. The molecular formula is C16H43NO6Si3. The molecule has 0 aromatic rings. The van der Waals surface area contributed by atoms with Crippen molar-refractivity contribution >= 4 is 25.2 Å². The molecule has 0 bridgehead atoms. The van der Waals surface area contributed by atoms with Crippen molar-refractivity contribution in [3.05, 3.63) is 0 Å². The summed E-state index contributed by atoms with van der Waals surface area (Å²) in [6, 6.07) is 2.07. The van der Waals surface area contributed by atoms with Crippen LogP contribution in [0.25, 0.3) is 0 Å². The van der Waals surface area contributed by atoms with Gasteiger partial charge in [0.15, 0.2) is 16.6 Å². The van der Waals surface area contributed by atoms with E-state index in [2.05, 4.69) is 39.3 Å². The van der Waals surface area contributed by atoms with Gasteiger partial charge >= 0.3 is 8.56 Å². The first-order valence-corrected chi connectivity index (χ1v) is 18.4. The molecule has 160 valence electrons. The molecule has 0 aliphatic heterocycles. The fourth-order valence-corrected chi connectivity index (χ4v) is 17.0. The van der Waals surface area contributed by atoms with Crippen molar-refractivity contribution < 1.29 is 27.9 Å². The Morgan fingerprint density at radius 2 is 0.962 bits per heavy atom. The fraction of sp³-hybridized carbons (Fsp3) is 1.00. The molecule has 0 aromatic heterocycles. The van der Waals surface area contributed by atoms with Gasteiger partial charge in [-0.05, 0) is 64.2 Å². The quantitative estimate of drug-likeness (QED) is 0.255. The molecule has 0 fully saturated rings. The predicted molar refractivity (Wildman–Crippen MR) is 114 cm³/mol. The molecule has 5 N–H and O–H groups in total. The molecule has 10 heteroatoms. The molecule has 0 saturated heterocycles. The van der Waals surface area contributed by atoms with Crippen LogP contribution in [0.2, 0.25) is 51.4 Å². The van der Waals surface area contributed by atoms with Crippen LogP contribution in [0.4, 0.5) is 0 Å². The van der Waals surface area contributed by atoms with Crippen molar-refractivity contribution in [3.63, 3.8) is 0 Å². The summed E-state index contributed by atoms with van der Waals surface area (Å²) < 4.78 is 23.7. The van der Waals surface area contributed by atoms with Gasteiger partial charge < -0.3 is 34.1 Å². The first kappa shape index (κ1) is 28.6. The molecule has 0 aliphatic rings. The molecule has 0 saturated carbocycles. The first-order chi connectivity index (χ1) is 11.5. The Balaban J connectivity index is 0. The predicted octanol–water partition coefficient (Wildman–Crippen LogP) is 3.09. The molecule has 0 atom stereocenters. The topological polar surface area (TPSA) is 112 Å². The van der Waals surface area contributed by atoms with Crippen molar-refractivity contribution in [2.24, 2.45) is 0 Å². The average molecular weight is 430 g/mol. The van der Waals surface area contributed by atoms with Crippen LogP contribution in [-0.4, -0.2) is 75.1 Å². The fourth-order valence-electron chi connectivity index (χ4n) is 2.99. The van der Waals surface area contributed by atoms with Gasteiger partial charge in [0.1, 0.15) is 0 Å². The zero-order valence-electron chi connectivity index (χ0n) is 17.8. The molecule has 0 aliphatic carbocycles. The normalized spacial score (nSPS) is 12.9. The van der Waals surface area contributed by atoms with Crippen LogP contribution in [0.3, 0.4) is 0 Å². The van der Waals surface area contributed by atoms with E-state index in [1.807, 2.05) is 0 Å². The van der Waals surface area contributed by atoms with Gasteiger partial charge in [-0.3, -0.25) is 0 Å². The van der Waals surface area contributed by atoms with Crippen LogP contribution in [0, 0.1) is 0 Å². The van der Waals surface area contributed by atoms with Gasteiger partial charge in [0.05, 0.1) is 26.4 Å². The summed E-state index contributed by atoms with van der Waals surface area (Å²) in [6.45, 7) is 15.6. The maximum atomic E-state index is 8.72. The molecular weight excluding hydrogens is 386 g/mol. The zero-order valence-corrected chi connectivity index (χ0v) is 20.8. The van der Waals surface area contributed by atoms with Crippen molar-refractivity contribution in [3.8, 4) is 0 Å². The van der Waals surface area contributed by atoms with E-state index in [9.17, 15) is 0 Å². The molecule has 0 amide bonds. The van der Waals surface area contributed by atoms with Crippen molar-refractivity contribution in [2.75, 3.05) is 39.6 Å². The highest BCUT2D eigenvalue weighted by Gasteiger charge is 2.39. The molecule has 0 rings (SSSR count). The number of ether oxygens (including phenoxy) is 2. The van der Waals surface area contributed by atoms with Crippen LogP contribution in [0.15, 0.2) is 0 Å². The van der Waals surface area contributed by atoms with E-state index in [4.69, 9.17) is 27.9 Å². The van der Waals surface area contributed by atoms with Crippen LogP contribution >= 0.6 is 0 Å². The summed E-state index contributed by atoms with van der Waals surface area (Å²) in [5.41, 5.74) is 0. The van der Waals surface area contributed by atoms with E-state index in [0.29, 0.717) is 26.4 Å². The lowest BCUT2D eigenvalue weighted by Crippen LogP contribution is -2.52. The van der Waals surface area contributed by atoms with Crippen LogP contribution < -0.4 is 6.15 Å². The Labute approximate surface area is 163 Å². The lowest BCUT2D eigenvalue weighted by molar-refractivity contribution is 0.0922. The second-order valence-electron chi connectivity index (χ2n) is 8.00. The SMILES string of the molecule is C[Si](C)(CCCOCCO)O[Si](C)(C)O[Si](C)(C)CCCOCCO.N. The minimum atomic E-state index is -2.16. The summed E-state index contributed by atoms with van der Waals surface area (Å²) >= 11 is 0. The Morgan fingerprint density at radius 1 is 0.615 bits per heavy atom. The molecule has 7 nitrogen and oxygen atoms in total. The zero-order chi connectivity index (χ0) is 19.4. The second kappa shape index (κ2) is 14.4. The third-order valence-electron chi connectivity index (χ3n) is 3.65. The molecule has 0 radical (unpaired) electrons. The molecule has 0 unspecified atom stereocenters. The van der Waals surface area contributed by atoms with Gasteiger partial charge in [-0.15, -0.1) is 0 Å². The molecule has 0 spiro atoms. The number of hydrogen-bond acceptors (Lipinski definition) is 7. The van der Waals surface area contributed by atoms with Crippen LogP contribution in [-0.2, 0) is 17.7 Å². The van der Waals surface area contributed by atoms with Gasteiger partial charge in [-0.25, -0.2) is 0 Å². The van der Waals surface area contributed by atoms with Gasteiger partial charge in [-0.2, -0.15) is 0 Å². The summed E-state index contributed by atoms with van der Waals surface area (Å²) in [6.07, 6.45) is 1.93. The van der Waals surface area contributed by atoms with Gasteiger partial charge in [0.2, 0.25) is 0 Å². The monoisotopic (exact) mass is 429 g/mol. The van der Waals surface area contributed by atoms with Crippen LogP contribution in [0.5, 0.6) is 0 Å². The van der Waals surface area contributed by atoms with Gasteiger partial charge in [0, 0.05) is 13.2 Å². The van der Waals surface area contributed by atoms with E-state index in [1.54, 1.807) is 0 Å². The Bertz CT molecular complexity index is 316. The lowest BCUT2D eigenvalue weighted by Gasteiger charge is -2.38. The van der Waals surface area contributed by atoms with Crippen molar-refractivity contribution in [2.45, 2.75) is 64.2 Å². The van der Waals surface area contributed by atoms with E-state index in [0.717, 1.165) is 24.9 Å². The van der Waals surface area contributed by atoms with E-state index >= 15 is 0 Å². The maximum absolute atomic E-state index is 8.72. The Hall–Kier alpha value is 0.371. The minimum Gasteiger partial charge on any atom is -0.437 e. The summed E-state index contributed by atoms with van der Waals surface area (Å²) in [5.74, 6) is 0. The van der Waals surface area contributed by atoms with Gasteiger partial charge in [-0.1, -0.05) is 0 Å². The third kappa shape index (κ3) is 16.5. The van der Waals surface area contributed by atoms with E-state index in [-0.39, 0.29) is 19.4 Å². The number of rotatable bonds is 16. The summed E-state index contributed by atoms with van der Waals surface area (Å²) in [5, 5.41) is 17.4. The molecule has 0 heterocycles. The van der Waals surface area contributed by atoms with E-state index in [1.165, 1.54) is 0 Å². The average Bonchev–Trinajstić information content (AvgIpc) is 2.44. The number of aliphatic hydroxyl groups excluding tert-OH is 2. The molecule has 0 aromatic carbocycles. The minimum absolute atomic E-state index is 0. The first-order valence-electron chi connectivity index (χ1n) is 9.31. The maximum Gasteiger partial charge on any atom is 0.311 e. The largest absolute Gasteiger partial charge is 0.437 e. The third-order valence-corrected chi connectivity index (χ3v) is 15.1. The number of aliphatic hydroxyl groups is 2. The number of hydrogen-bond donors (Lipinski definition) is 3. The van der Waals surface area contributed by atoms with Gasteiger partial charge in [0.25, 0.3) is 0 Å². The van der Waals surface area contributed by atoms with Crippen molar-refractivity contribution in [1.82, 2.24) is 6.15 Å². The smallest absolute Gasteiger partial charge is 0.311 e. The molecule has 26 heavy (non-hydrogen) atoms. The van der Waals surface area contributed by atoms with Crippen LogP contribution in [0.1, 0.15) is 12.8 Å². The summed E-state index contributed by atoms with van der Waals surface area (Å²) in [4.78, 5) is 0. The van der Waals surface area contributed by atoms with E-state index < -0.39 is 25.2 Å².